The van der Waals surface area contributed by atoms with Crippen molar-refractivity contribution in [2.45, 2.75) is 13.8 Å². The lowest BCUT2D eigenvalue weighted by molar-refractivity contribution is 0.469. The molecule has 1 aliphatic rings. The molecule has 0 atom stereocenters. The van der Waals surface area contributed by atoms with Crippen LogP contribution >= 0.6 is 0 Å². The van der Waals surface area contributed by atoms with Gasteiger partial charge in [0.25, 0.3) is 0 Å². The van der Waals surface area contributed by atoms with Gasteiger partial charge in [-0.1, -0.05) is 6.58 Å². The Kier molecular flexibility index (Phi) is 2.17. The Labute approximate surface area is 105 Å². The number of nitrogen functional groups attached to an aromatic ring is 1. The number of fused-ring (bicyclic) bond motifs is 2. The molecule has 3 nitrogen and oxygen atoms in total. The molecule has 90 valence electrons. The number of anilines is 1. The minimum Gasteiger partial charge on any atom is -0.453 e. The monoisotopic (exact) mass is 238 g/mol. The molecule has 1 heterocycles. The molecule has 0 amide bonds. The van der Waals surface area contributed by atoms with Crippen molar-refractivity contribution in [2.24, 2.45) is 4.99 Å². The zero-order valence-corrected chi connectivity index (χ0v) is 10.4. The van der Waals surface area contributed by atoms with Crippen molar-refractivity contribution in [1.82, 2.24) is 0 Å². The Balaban J connectivity index is 2.30. The van der Waals surface area contributed by atoms with Crippen LogP contribution in [0.5, 0.6) is 11.5 Å². The fourth-order valence-electron chi connectivity index (χ4n) is 1.99. The van der Waals surface area contributed by atoms with E-state index in [1.54, 1.807) is 0 Å². The molecular weight excluding hydrogens is 224 g/mol. The first-order valence-corrected chi connectivity index (χ1v) is 5.81. The van der Waals surface area contributed by atoms with Crippen LogP contribution < -0.4 is 21.0 Å². The number of benzene rings is 2. The number of aryl methyl sites for hydroxylation is 2. The third-order valence-corrected chi connectivity index (χ3v) is 3.23. The Hall–Kier alpha value is -2.29. The van der Waals surface area contributed by atoms with Crippen LogP contribution in [0.3, 0.4) is 0 Å². The van der Waals surface area contributed by atoms with Crippen LogP contribution in [-0.4, -0.2) is 0 Å². The highest BCUT2D eigenvalue weighted by atomic mass is 16.5. The molecule has 2 N–H and O–H groups in total. The van der Waals surface area contributed by atoms with Crippen LogP contribution in [-0.2, 0) is 0 Å². The minimum atomic E-state index is 0.703. The van der Waals surface area contributed by atoms with Gasteiger partial charge in [-0.2, -0.15) is 0 Å². The summed E-state index contributed by atoms with van der Waals surface area (Å²) in [6.07, 6.45) is 0. The van der Waals surface area contributed by atoms with Crippen molar-refractivity contribution in [2.75, 3.05) is 5.73 Å². The molecule has 0 aliphatic carbocycles. The van der Waals surface area contributed by atoms with Crippen molar-refractivity contribution in [3.8, 4) is 11.5 Å². The molecule has 1 aliphatic heterocycles. The van der Waals surface area contributed by atoms with Gasteiger partial charge in [-0.15, -0.1) is 0 Å². The van der Waals surface area contributed by atoms with Crippen LogP contribution in [0.1, 0.15) is 11.1 Å². The van der Waals surface area contributed by atoms with E-state index in [2.05, 4.69) is 11.6 Å². The second kappa shape index (κ2) is 3.60. The predicted octanol–water partition coefficient (Wildman–Crippen LogP) is 2.35. The second-order valence-corrected chi connectivity index (χ2v) is 4.64. The molecule has 0 aromatic heterocycles. The third kappa shape index (κ3) is 1.56. The summed E-state index contributed by atoms with van der Waals surface area (Å²) in [6, 6.07) is 7.67. The quantitative estimate of drug-likeness (QED) is 0.611. The molecule has 3 rings (SSSR count). The summed E-state index contributed by atoms with van der Waals surface area (Å²) in [4.78, 5) is 4.60. The number of hydrogen-bond acceptors (Lipinski definition) is 3. The lowest BCUT2D eigenvalue weighted by Gasteiger charge is -2.16. The van der Waals surface area contributed by atoms with Gasteiger partial charge in [0.1, 0.15) is 11.0 Å². The predicted molar refractivity (Wildman–Crippen MR) is 72.8 cm³/mol. The second-order valence-electron chi connectivity index (χ2n) is 4.64. The molecule has 18 heavy (non-hydrogen) atoms. The molecule has 0 radical (unpaired) electrons. The summed E-state index contributed by atoms with van der Waals surface area (Å²) in [5.41, 5.74) is 9.54. The number of hydrogen-bond donors (Lipinski definition) is 1. The fraction of sp³-hybridized carbons (Fsp3) is 0.133. The Morgan fingerprint density at radius 3 is 2.61 bits per heavy atom. The van der Waals surface area contributed by atoms with Crippen LogP contribution in [0.15, 0.2) is 29.3 Å². The summed E-state index contributed by atoms with van der Waals surface area (Å²) in [5, 5.41) is 1.80. The van der Waals surface area contributed by atoms with E-state index < -0.39 is 0 Å². The van der Waals surface area contributed by atoms with E-state index in [9.17, 15) is 0 Å². The van der Waals surface area contributed by atoms with E-state index in [-0.39, 0.29) is 0 Å². The Morgan fingerprint density at radius 1 is 1.06 bits per heavy atom. The van der Waals surface area contributed by atoms with E-state index in [0.29, 0.717) is 11.4 Å². The smallest absolute Gasteiger partial charge is 0.155 e. The maximum atomic E-state index is 5.88. The van der Waals surface area contributed by atoms with E-state index in [0.717, 1.165) is 33.1 Å². The highest BCUT2D eigenvalue weighted by Crippen LogP contribution is 2.36. The molecule has 3 heteroatoms. The normalized spacial score (nSPS) is 12.1. The molecule has 0 spiro atoms. The van der Waals surface area contributed by atoms with Crippen LogP contribution in [0.2, 0.25) is 0 Å². The third-order valence-electron chi connectivity index (χ3n) is 3.23. The molecule has 0 fully saturated rings. The van der Waals surface area contributed by atoms with Gasteiger partial charge in [0.2, 0.25) is 0 Å². The zero-order chi connectivity index (χ0) is 12.9. The van der Waals surface area contributed by atoms with Crippen molar-refractivity contribution >= 4 is 18.0 Å². The van der Waals surface area contributed by atoms with Gasteiger partial charge in [-0.25, -0.2) is 4.99 Å². The number of nitrogens with two attached hydrogens (primary N) is 1. The van der Waals surface area contributed by atoms with Crippen molar-refractivity contribution in [1.29, 1.82) is 0 Å². The number of ether oxygens (including phenoxy) is 1. The zero-order valence-electron chi connectivity index (χ0n) is 10.4. The number of nitrogens with zero attached hydrogens (tertiary/aromatic N) is 1. The fourth-order valence-corrected chi connectivity index (χ4v) is 1.99. The van der Waals surface area contributed by atoms with Gasteiger partial charge >= 0.3 is 0 Å². The topological polar surface area (TPSA) is 47.6 Å². The lowest BCUT2D eigenvalue weighted by atomic mass is 10.1. The van der Waals surface area contributed by atoms with E-state index in [4.69, 9.17) is 10.5 Å². The standard InChI is InChI=1S/C15H14N2O/c1-8-4-12-14(6-9(8)2)18-15-7-11(16)10(3)5-13(15)17-12/h4-7H,2,16H2,1,3H3. The van der Waals surface area contributed by atoms with E-state index in [1.807, 2.05) is 38.1 Å². The van der Waals surface area contributed by atoms with Crippen LogP contribution in [0.4, 0.5) is 11.4 Å². The number of rotatable bonds is 0. The molecule has 2 aromatic carbocycles. The summed E-state index contributed by atoms with van der Waals surface area (Å²) in [6.45, 7) is 7.95. The average Bonchev–Trinajstić information content (AvgIpc) is 2.31. The maximum Gasteiger partial charge on any atom is 0.155 e. The summed E-state index contributed by atoms with van der Waals surface area (Å²) < 4.78 is 5.84. The summed E-state index contributed by atoms with van der Waals surface area (Å²) in [5.74, 6) is 1.44. The molecular formula is C15H14N2O. The Bertz CT molecular complexity index is 763. The molecule has 0 bridgehead atoms. The SMILES string of the molecule is C=c1cc2c(cc1C)=Nc1cc(C)c(N)cc1O2. The molecule has 2 aromatic rings. The summed E-state index contributed by atoms with van der Waals surface area (Å²) >= 11 is 0. The van der Waals surface area contributed by atoms with Crippen molar-refractivity contribution < 1.29 is 4.74 Å². The van der Waals surface area contributed by atoms with E-state index in [1.165, 1.54) is 0 Å². The molecule has 0 unspecified atom stereocenters. The first-order valence-electron chi connectivity index (χ1n) is 5.81. The average molecular weight is 238 g/mol. The van der Waals surface area contributed by atoms with Gasteiger partial charge in [0.15, 0.2) is 11.5 Å². The van der Waals surface area contributed by atoms with E-state index >= 15 is 0 Å². The van der Waals surface area contributed by atoms with Gasteiger partial charge in [0.05, 0.1) is 0 Å². The van der Waals surface area contributed by atoms with Crippen LogP contribution in [0, 0.1) is 13.8 Å². The maximum absolute atomic E-state index is 5.88. The Morgan fingerprint density at radius 2 is 1.83 bits per heavy atom. The van der Waals surface area contributed by atoms with Crippen molar-refractivity contribution in [3.05, 3.63) is 46.0 Å². The molecule has 0 saturated heterocycles. The highest BCUT2D eigenvalue weighted by molar-refractivity contribution is 5.65. The first-order chi connectivity index (χ1) is 8.54. The van der Waals surface area contributed by atoms with Gasteiger partial charge in [-0.05, 0) is 48.4 Å². The lowest BCUT2D eigenvalue weighted by Crippen LogP contribution is -2.16. The molecule has 0 saturated carbocycles. The first kappa shape index (κ1) is 10.8. The van der Waals surface area contributed by atoms with Gasteiger partial charge in [-0.3, -0.25) is 0 Å². The summed E-state index contributed by atoms with van der Waals surface area (Å²) in [7, 11) is 0. The largest absolute Gasteiger partial charge is 0.453 e. The van der Waals surface area contributed by atoms with Crippen molar-refractivity contribution in [3.63, 3.8) is 0 Å². The van der Waals surface area contributed by atoms with Gasteiger partial charge < -0.3 is 10.5 Å². The minimum absolute atomic E-state index is 0.703. The van der Waals surface area contributed by atoms with Gasteiger partial charge in [0, 0.05) is 11.8 Å². The van der Waals surface area contributed by atoms with Crippen LogP contribution in [0.25, 0.3) is 6.58 Å². The highest BCUT2D eigenvalue weighted by Gasteiger charge is 2.14.